The highest BCUT2D eigenvalue weighted by atomic mass is 35.5. The van der Waals surface area contributed by atoms with E-state index in [9.17, 15) is 4.79 Å². The van der Waals surface area contributed by atoms with Crippen LogP contribution in [0, 0.1) is 0 Å². The van der Waals surface area contributed by atoms with Crippen molar-refractivity contribution in [1.82, 2.24) is 0 Å². The molecule has 5 nitrogen and oxygen atoms in total. The third-order valence-corrected chi connectivity index (χ3v) is 4.70. The lowest BCUT2D eigenvalue weighted by molar-refractivity contribution is 0.379. The molecule has 0 fully saturated rings. The van der Waals surface area contributed by atoms with E-state index in [0.29, 0.717) is 39.2 Å². The van der Waals surface area contributed by atoms with Crippen LogP contribution in [0.25, 0.3) is 22.1 Å². The van der Waals surface area contributed by atoms with Crippen molar-refractivity contribution in [3.05, 3.63) is 82.2 Å². The smallest absolute Gasteiger partial charge is 0.344 e. The molecule has 1 aromatic heterocycles. The fraction of sp³-hybridized carbons (Fsp3) is 0.0870. The maximum absolute atomic E-state index is 12.5. The summed E-state index contributed by atoms with van der Waals surface area (Å²) in [5.41, 5.74) is 1.26. The first-order valence-corrected chi connectivity index (χ1v) is 9.19. The highest BCUT2D eigenvalue weighted by molar-refractivity contribution is 6.30. The molecule has 0 saturated carbocycles. The Morgan fingerprint density at radius 1 is 0.793 bits per heavy atom. The van der Waals surface area contributed by atoms with Crippen molar-refractivity contribution < 1.29 is 18.6 Å². The van der Waals surface area contributed by atoms with Gasteiger partial charge in [-0.15, -0.1) is 0 Å². The number of hydrogen-bond donors (Lipinski definition) is 0. The lowest BCUT2D eigenvalue weighted by Gasteiger charge is -2.11. The molecule has 0 N–H and O–H groups in total. The number of rotatable bonds is 5. The van der Waals surface area contributed by atoms with Gasteiger partial charge in [0.25, 0.3) is 0 Å². The summed E-state index contributed by atoms with van der Waals surface area (Å²) in [5, 5.41) is 1.37. The van der Waals surface area contributed by atoms with Gasteiger partial charge in [-0.3, -0.25) is 0 Å². The van der Waals surface area contributed by atoms with Crippen LogP contribution in [-0.2, 0) is 0 Å². The molecule has 0 aliphatic carbocycles. The molecule has 1 heterocycles. The summed E-state index contributed by atoms with van der Waals surface area (Å²) in [6.45, 7) is 0. The van der Waals surface area contributed by atoms with Gasteiger partial charge in [0, 0.05) is 22.5 Å². The molecule has 0 radical (unpaired) electrons. The van der Waals surface area contributed by atoms with Crippen LogP contribution in [-0.4, -0.2) is 14.2 Å². The summed E-state index contributed by atoms with van der Waals surface area (Å²) < 4.78 is 21.8. The fourth-order valence-corrected chi connectivity index (χ4v) is 3.14. The normalized spacial score (nSPS) is 10.7. The first kappa shape index (κ1) is 18.9. The Hall–Kier alpha value is -3.44. The average Bonchev–Trinajstić information content (AvgIpc) is 2.74. The van der Waals surface area contributed by atoms with Crippen LogP contribution >= 0.6 is 11.6 Å². The Bertz CT molecular complexity index is 1230. The molecule has 0 saturated heterocycles. The largest absolute Gasteiger partial charge is 0.497 e. The molecule has 3 aromatic carbocycles. The summed E-state index contributed by atoms with van der Waals surface area (Å²) in [5.74, 6) is 2.31. The topological polar surface area (TPSA) is 57.9 Å². The van der Waals surface area contributed by atoms with Crippen molar-refractivity contribution in [3.8, 4) is 34.1 Å². The molecular weight excluding hydrogens is 392 g/mol. The Morgan fingerprint density at radius 2 is 1.55 bits per heavy atom. The van der Waals surface area contributed by atoms with Crippen LogP contribution in [0.3, 0.4) is 0 Å². The highest BCUT2D eigenvalue weighted by Crippen LogP contribution is 2.34. The third kappa shape index (κ3) is 3.91. The Labute approximate surface area is 172 Å². The Balaban J connectivity index is 1.64. The SMILES string of the molecule is COc1ccc2cc(-c3ccc(Oc4ccc(Cl)cc4OC)cc3)c(=O)oc2c1. The predicted molar refractivity (Wildman–Crippen MR) is 113 cm³/mol. The number of benzene rings is 3. The first-order valence-electron chi connectivity index (χ1n) is 8.81. The van der Waals surface area contributed by atoms with Gasteiger partial charge in [0.1, 0.15) is 17.1 Å². The molecular formula is C23H17ClO5. The van der Waals surface area contributed by atoms with Crippen LogP contribution in [0.5, 0.6) is 23.0 Å². The third-order valence-electron chi connectivity index (χ3n) is 4.46. The molecule has 4 rings (SSSR count). The van der Waals surface area contributed by atoms with Crippen LogP contribution in [0.1, 0.15) is 0 Å². The highest BCUT2D eigenvalue weighted by Gasteiger charge is 2.10. The van der Waals surface area contributed by atoms with Gasteiger partial charge in [0.15, 0.2) is 11.5 Å². The van der Waals surface area contributed by atoms with Gasteiger partial charge in [-0.2, -0.15) is 0 Å². The van der Waals surface area contributed by atoms with E-state index in [2.05, 4.69) is 0 Å². The number of halogens is 1. The minimum atomic E-state index is -0.418. The summed E-state index contributed by atoms with van der Waals surface area (Å²) >= 11 is 5.98. The molecule has 0 atom stereocenters. The van der Waals surface area contributed by atoms with Crippen molar-refractivity contribution in [2.45, 2.75) is 0 Å². The van der Waals surface area contributed by atoms with E-state index in [-0.39, 0.29) is 0 Å². The number of hydrogen-bond acceptors (Lipinski definition) is 5. The number of fused-ring (bicyclic) bond motifs is 1. The van der Waals surface area contributed by atoms with E-state index in [0.717, 1.165) is 10.9 Å². The van der Waals surface area contributed by atoms with Crippen LogP contribution in [0.2, 0.25) is 5.02 Å². The van der Waals surface area contributed by atoms with E-state index in [1.807, 2.05) is 12.1 Å². The number of ether oxygens (including phenoxy) is 3. The minimum Gasteiger partial charge on any atom is -0.497 e. The average molecular weight is 409 g/mol. The summed E-state index contributed by atoms with van der Waals surface area (Å²) in [6.07, 6.45) is 0. The molecule has 0 aliphatic heterocycles. The molecule has 4 aromatic rings. The van der Waals surface area contributed by atoms with Crippen molar-refractivity contribution in [2.75, 3.05) is 14.2 Å². The second kappa shape index (κ2) is 7.89. The molecule has 0 amide bonds. The van der Waals surface area contributed by atoms with Crippen molar-refractivity contribution in [2.24, 2.45) is 0 Å². The zero-order valence-electron chi connectivity index (χ0n) is 15.8. The molecule has 0 unspecified atom stereocenters. The van der Waals surface area contributed by atoms with Crippen molar-refractivity contribution in [3.63, 3.8) is 0 Å². The van der Waals surface area contributed by atoms with Gasteiger partial charge < -0.3 is 18.6 Å². The van der Waals surface area contributed by atoms with E-state index in [1.165, 1.54) is 0 Å². The zero-order valence-corrected chi connectivity index (χ0v) is 16.5. The molecule has 29 heavy (non-hydrogen) atoms. The van der Waals surface area contributed by atoms with Crippen molar-refractivity contribution in [1.29, 1.82) is 0 Å². The zero-order chi connectivity index (χ0) is 20.4. The van der Waals surface area contributed by atoms with Gasteiger partial charge in [-0.05, 0) is 48.0 Å². The van der Waals surface area contributed by atoms with Crippen LogP contribution in [0.4, 0.5) is 0 Å². The van der Waals surface area contributed by atoms with Gasteiger partial charge >= 0.3 is 5.63 Å². The van der Waals surface area contributed by atoms with Crippen LogP contribution in [0.15, 0.2) is 75.9 Å². The summed E-state index contributed by atoms with van der Waals surface area (Å²) in [6, 6.07) is 19.5. The summed E-state index contributed by atoms with van der Waals surface area (Å²) in [7, 11) is 3.12. The molecule has 0 bridgehead atoms. The van der Waals surface area contributed by atoms with Gasteiger partial charge in [-0.1, -0.05) is 23.7 Å². The molecule has 0 spiro atoms. The monoisotopic (exact) mass is 408 g/mol. The molecule has 146 valence electrons. The van der Waals surface area contributed by atoms with Crippen LogP contribution < -0.4 is 19.8 Å². The Morgan fingerprint density at radius 3 is 2.28 bits per heavy atom. The van der Waals surface area contributed by atoms with Gasteiger partial charge in [0.05, 0.1) is 19.8 Å². The van der Waals surface area contributed by atoms with E-state index in [1.54, 1.807) is 68.8 Å². The minimum absolute atomic E-state index is 0.418. The van der Waals surface area contributed by atoms with Gasteiger partial charge in [0.2, 0.25) is 0 Å². The predicted octanol–water partition coefficient (Wildman–Crippen LogP) is 5.92. The molecule has 6 heteroatoms. The standard InChI is InChI=1S/C23H17ClO5/c1-26-18-9-5-15-11-19(23(25)29-21(15)13-18)14-3-7-17(8-4-14)28-20-10-6-16(24)12-22(20)27-2/h3-13H,1-2H3. The lowest BCUT2D eigenvalue weighted by atomic mass is 10.1. The van der Waals surface area contributed by atoms with E-state index >= 15 is 0 Å². The van der Waals surface area contributed by atoms with Gasteiger partial charge in [-0.25, -0.2) is 4.79 Å². The molecule has 0 aliphatic rings. The fourth-order valence-electron chi connectivity index (χ4n) is 2.97. The van der Waals surface area contributed by atoms with E-state index < -0.39 is 5.63 Å². The maximum atomic E-state index is 12.5. The van der Waals surface area contributed by atoms with Crippen molar-refractivity contribution >= 4 is 22.6 Å². The summed E-state index contributed by atoms with van der Waals surface area (Å²) in [4.78, 5) is 12.5. The first-order chi connectivity index (χ1) is 14.1. The quantitative estimate of drug-likeness (QED) is 0.383. The second-order valence-electron chi connectivity index (χ2n) is 6.27. The number of methoxy groups -OCH3 is 2. The lowest BCUT2D eigenvalue weighted by Crippen LogP contribution is -2.02. The Kier molecular flexibility index (Phi) is 5.14. The second-order valence-corrected chi connectivity index (χ2v) is 6.71. The maximum Gasteiger partial charge on any atom is 0.344 e. The van der Waals surface area contributed by atoms with E-state index in [4.69, 9.17) is 30.2 Å².